The second-order valence-electron chi connectivity index (χ2n) is 9.66. The molecule has 1 aliphatic heterocycles. The minimum Gasteiger partial charge on any atom is -0.365 e. The SMILES string of the molecule is C=C/C=C(/CNc1nc(Cl)nc2c1cnn2C1CCC(CN(CC(C)C)C(=O)CP(OCC)OCC)O1)C(=C)Cl. The average molecular weight is 614 g/mol. The normalized spacial score (nSPS) is 17.6. The van der Waals surface area contributed by atoms with Crippen LogP contribution in [-0.4, -0.2) is 75.7 Å². The molecule has 0 radical (unpaired) electrons. The van der Waals surface area contributed by atoms with Crippen LogP contribution in [0.25, 0.3) is 11.0 Å². The molecular weight excluding hydrogens is 574 g/mol. The quantitative estimate of drug-likeness (QED) is 0.134. The molecule has 1 saturated heterocycles. The van der Waals surface area contributed by atoms with Crippen molar-refractivity contribution in [2.75, 3.05) is 44.3 Å². The van der Waals surface area contributed by atoms with Crippen molar-refractivity contribution >= 4 is 54.3 Å². The van der Waals surface area contributed by atoms with Gasteiger partial charge in [0.2, 0.25) is 11.2 Å². The Morgan fingerprint density at radius 1 is 1.32 bits per heavy atom. The van der Waals surface area contributed by atoms with E-state index in [1.54, 1.807) is 23.0 Å². The van der Waals surface area contributed by atoms with Crippen molar-refractivity contribution < 1.29 is 18.6 Å². The molecule has 2 unspecified atom stereocenters. The second kappa shape index (κ2) is 15.8. The fourth-order valence-electron chi connectivity index (χ4n) is 4.40. The molecule has 10 nitrogen and oxygen atoms in total. The number of carbonyl (C=O) groups is 1. The number of allylic oxidation sites excluding steroid dienone is 2. The highest BCUT2D eigenvalue weighted by atomic mass is 35.5. The summed E-state index contributed by atoms with van der Waals surface area (Å²) in [5.41, 5.74) is 1.32. The lowest BCUT2D eigenvalue weighted by molar-refractivity contribution is -0.131. The van der Waals surface area contributed by atoms with E-state index in [0.717, 1.165) is 18.4 Å². The van der Waals surface area contributed by atoms with Gasteiger partial charge in [0.15, 0.2) is 20.3 Å². The van der Waals surface area contributed by atoms with Gasteiger partial charge in [0, 0.05) is 24.7 Å². The standard InChI is InChI=1S/C27H39Cl2N6O4P/c1-7-10-20(19(6)28)13-30-25-22-14-31-35(26(22)33-27(29)32-25)24-12-11-21(39-24)16-34(15-18(4)5)23(36)17-40(37-8-2)38-9-3/h7,10,14,18,21,24H,1,6,8-9,11-13,15-17H2,2-5H3,(H,30,32,33)/b20-10-. The van der Waals surface area contributed by atoms with Crippen LogP contribution in [0.4, 0.5) is 5.82 Å². The first kappa shape index (κ1) is 32.4. The Bertz CT molecular complexity index is 1200. The van der Waals surface area contributed by atoms with Gasteiger partial charge in [-0.3, -0.25) is 4.79 Å². The van der Waals surface area contributed by atoms with Crippen molar-refractivity contribution in [3.05, 3.63) is 47.4 Å². The third kappa shape index (κ3) is 8.96. The maximum atomic E-state index is 13.2. The van der Waals surface area contributed by atoms with E-state index >= 15 is 0 Å². The predicted octanol–water partition coefficient (Wildman–Crippen LogP) is 6.30. The third-order valence-corrected chi connectivity index (χ3v) is 8.10. The van der Waals surface area contributed by atoms with Gasteiger partial charge >= 0.3 is 0 Å². The van der Waals surface area contributed by atoms with E-state index in [1.807, 2.05) is 18.7 Å². The Kier molecular flexibility index (Phi) is 12.8. The number of halogens is 2. The van der Waals surface area contributed by atoms with E-state index in [1.165, 1.54) is 0 Å². The molecule has 0 aliphatic carbocycles. The smallest absolute Gasteiger partial charge is 0.231 e. The minimum absolute atomic E-state index is 0.0121. The van der Waals surface area contributed by atoms with Crippen LogP contribution in [0.3, 0.4) is 0 Å². The number of amides is 1. The number of ether oxygens (including phenoxy) is 1. The number of rotatable bonds is 16. The molecule has 220 valence electrons. The van der Waals surface area contributed by atoms with Crippen molar-refractivity contribution in [2.24, 2.45) is 5.92 Å². The van der Waals surface area contributed by atoms with Crippen LogP contribution in [-0.2, 0) is 18.6 Å². The van der Waals surface area contributed by atoms with Crippen LogP contribution in [0.1, 0.15) is 46.8 Å². The molecule has 1 aliphatic rings. The Morgan fingerprint density at radius 2 is 2.05 bits per heavy atom. The van der Waals surface area contributed by atoms with Crippen molar-refractivity contribution in [1.29, 1.82) is 0 Å². The molecule has 1 N–H and O–H groups in total. The number of hydrogen-bond acceptors (Lipinski definition) is 8. The molecule has 0 bridgehead atoms. The summed E-state index contributed by atoms with van der Waals surface area (Å²) in [5.74, 6) is 0.847. The molecule has 0 saturated carbocycles. The molecule has 40 heavy (non-hydrogen) atoms. The van der Waals surface area contributed by atoms with Gasteiger partial charge in [-0.05, 0) is 49.8 Å². The van der Waals surface area contributed by atoms with Crippen LogP contribution >= 0.6 is 31.6 Å². The van der Waals surface area contributed by atoms with E-state index in [0.29, 0.717) is 60.6 Å². The Hall–Kier alpha value is -2.07. The van der Waals surface area contributed by atoms with Crippen molar-refractivity contribution in [2.45, 2.75) is 52.9 Å². The van der Waals surface area contributed by atoms with E-state index < -0.39 is 8.38 Å². The van der Waals surface area contributed by atoms with Gasteiger partial charge in [0.25, 0.3) is 0 Å². The van der Waals surface area contributed by atoms with E-state index in [-0.39, 0.29) is 29.7 Å². The Labute approximate surface area is 247 Å². The van der Waals surface area contributed by atoms with Crippen molar-refractivity contribution in [3.63, 3.8) is 0 Å². The molecule has 3 rings (SSSR count). The number of nitrogens with one attached hydrogen (secondary N) is 1. The number of anilines is 1. The van der Waals surface area contributed by atoms with Crippen LogP contribution in [0, 0.1) is 5.92 Å². The molecular formula is C27H39Cl2N6O4P. The maximum Gasteiger partial charge on any atom is 0.231 e. The molecule has 2 aromatic heterocycles. The van der Waals surface area contributed by atoms with Crippen molar-refractivity contribution in [3.8, 4) is 0 Å². The number of nitrogens with zero attached hydrogens (tertiary/aromatic N) is 5. The van der Waals surface area contributed by atoms with E-state index in [2.05, 4.69) is 47.4 Å². The first-order chi connectivity index (χ1) is 19.2. The number of hydrogen-bond donors (Lipinski definition) is 1. The zero-order valence-electron chi connectivity index (χ0n) is 23.6. The lowest BCUT2D eigenvalue weighted by Gasteiger charge is -2.28. The largest absolute Gasteiger partial charge is 0.365 e. The summed E-state index contributed by atoms with van der Waals surface area (Å²) in [4.78, 5) is 23.9. The van der Waals surface area contributed by atoms with E-state index in [4.69, 9.17) is 37.0 Å². The highest BCUT2D eigenvalue weighted by molar-refractivity contribution is 7.48. The number of carbonyl (C=O) groups excluding carboxylic acids is 1. The fourth-order valence-corrected chi connectivity index (χ4v) is 5.95. The highest BCUT2D eigenvalue weighted by Crippen LogP contribution is 2.38. The van der Waals surface area contributed by atoms with Crippen LogP contribution < -0.4 is 5.32 Å². The fraction of sp³-hybridized carbons (Fsp3) is 0.556. The van der Waals surface area contributed by atoms with Crippen LogP contribution in [0.5, 0.6) is 0 Å². The summed E-state index contributed by atoms with van der Waals surface area (Å²) >= 11 is 12.4. The number of aromatic nitrogens is 4. The summed E-state index contributed by atoms with van der Waals surface area (Å²) < 4.78 is 19.5. The summed E-state index contributed by atoms with van der Waals surface area (Å²) in [6.45, 7) is 18.0. The van der Waals surface area contributed by atoms with Gasteiger partial charge in [-0.15, -0.1) is 0 Å². The Morgan fingerprint density at radius 3 is 2.67 bits per heavy atom. The van der Waals surface area contributed by atoms with Gasteiger partial charge in [0.1, 0.15) is 5.82 Å². The molecule has 3 heterocycles. The van der Waals surface area contributed by atoms with Gasteiger partial charge < -0.3 is 24.0 Å². The number of fused-ring (bicyclic) bond motifs is 1. The summed E-state index contributed by atoms with van der Waals surface area (Å²) in [6.07, 6.45) is 6.35. The minimum atomic E-state index is -1.25. The summed E-state index contributed by atoms with van der Waals surface area (Å²) in [5, 5.41) is 8.99. The molecule has 2 aromatic rings. The Balaban J connectivity index is 1.73. The highest BCUT2D eigenvalue weighted by Gasteiger charge is 2.32. The molecule has 13 heteroatoms. The lowest BCUT2D eigenvalue weighted by atomic mass is 10.1. The van der Waals surface area contributed by atoms with Gasteiger partial charge in [0.05, 0.1) is 37.1 Å². The van der Waals surface area contributed by atoms with Crippen molar-refractivity contribution in [1.82, 2.24) is 24.6 Å². The first-order valence-corrected chi connectivity index (χ1v) is 15.6. The van der Waals surface area contributed by atoms with Gasteiger partial charge in [-0.2, -0.15) is 15.1 Å². The summed E-state index contributed by atoms with van der Waals surface area (Å²) in [7, 11) is -1.25. The molecule has 2 atom stereocenters. The topological polar surface area (TPSA) is 104 Å². The monoisotopic (exact) mass is 612 g/mol. The maximum absolute atomic E-state index is 13.2. The second-order valence-corrected chi connectivity index (χ2v) is 12.0. The molecule has 1 fully saturated rings. The zero-order valence-corrected chi connectivity index (χ0v) is 26.0. The third-order valence-electron chi connectivity index (χ3n) is 6.07. The lowest BCUT2D eigenvalue weighted by Crippen LogP contribution is -2.41. The molecule has 0 spiro atoms. The zero-order chi connectivity index (χ0) is 29.2. The first-order valence-electron chi connectivity index (χ1n) is 13.4. The molecule has 1 amide bonds. The molecule has 0 aromatic carbocycles. The predicted molar refractivity (Wildman–Crippen MR) is 162 cm³/mol. The van der Waals surface area contributed by atoms with E-state index in [9.17, 15) is 4.79 Å². The summed E-state index contributed by atoms with van der Waals surface area (Å²) in [6, 6.07) is 0. The van der Waals surface area contributed by atoms with Gasteiger partial charge in [-0.1, -0.05) is 50.8 Å². The van der Waals surface area contributed by atoms with Crippen LogP contribution in [0.15, 0.2) is 42.1 Å². The van der Waals surface area contributed by atoms with Gasteiger partial charge in [-0.25, -0.2) is 4.68 Å². The average Bonchev–Trinajstić information content (AvgIpc) is 3.52. The van der Waals surface area contributed by atoms with Crippen LogP contribution in [0.2, 0.25) is 5.28 Å².